The molecule has 4 rings (SSSR count). The van der Waals surface area contributed by atoms with Crippen LogP contribution in [0.25, 0.3) is 10.4 Å². The van der Waals surface area contributed by atoms with Gasteiger partial charge in [0.15, 0.2) is 12.6 Å². The van der Waals surface area contributed by atoms with Crippen LogP contribution in [0.2, 0.25) is 0 Å². The molecule has 2 aromatic rings. The molecule has 2 saturated heterocycles. The zero-order valence-corrected chi connectivity index (χ0v) is 16.9. The molecule has 0 unspecified atom stereocenters. The van der Waals surface area contributed by atoms with Gasteiger partial charge in [-0.25, -0.2) is 0 Å². The van der Waals surface area contributed by atoms with Crippen molar-refractivity contribution in [2.24, 2.45) is 5.11 Å². The Labute approximate surface area is 180 Å². The first-order valence-corrected chi connectivity index (χ1v) is 10.2. The van der Waals surface area contributed by atoms with E-state index in [1.165, 1.54) is 0 Å². The lowest BCUT2D eigenvalue weighted by Crippen LogP contribution is -2.63. The average molecular weight is 427 g/mol. The first kappa shape index (κ1) is 21.7. The lowest BCUT2D eigenvalue weighted by Gasteiger charge is -2.47. The molecular formula is C22H25N3O6. The van der Waals surface area contributed by atoms with Gasteiger partial charge in [0.25, 0.3) is 0 Å². The predicted molar refractivity (Wildman–Crippen MR) is 110 cm³/mol. The third kappa shape index (κ3) is 5.41. The quantitative estimate of drug-likeness (QED) is 0.300. The Bertz CT molecular complexity index is 864. The highest BCUT2D eigenvalue weighted by molar-refractivity contribution is 5.17. The van der Waals surface area contributed by atoms with Crippen LogP contribution in [0.5, 0.6) is 0 Å². The van der Waals surface area contributed by atoms with E-state index in [0.29, 0.717) is 6.61 Å². The summed E-state index contributed by atoms with van der Waals surface area (Å²) in [5, 5.41) is 14.4. The van der Waals surface area contributed by atoms with Gasteiger partial charge in [-0.15, -0.1) is 0 Å². The van der Waals surface area contributed by atoms with Crippen LogP contribution in [0.3, 0.4) is 0 Å². The molecule has 2 aliphatic rings. The molecule has 0 amide bonds. The van der Waals surface area contributed by atoms with Gasteiger partial charge in [-0.1, -0.05) is 65.8 Å². The molecule has 2 aliphatic heterocycles. The Hall–Kier alpha value is -2.49. The molecule has 1 N–H and O–H groups in total. The Kier molecular flexibility index (Phi) is 7.50. The van der Waals surface area contributed by atoms with E-state index in [4.69, 9.17) is 29.2 Å². The molecule has 164 valence electrons. The summed E-state index contributed by atoms with van der Waals surface area (Å²) >= 11 is 0. The van der Waals surface area contributed by atoms with Gasteiger partial charge in [0, 0.05) is 17.0 Å². The highest BCUT2D eigenvalue weighted by Crippen LogP contribution is 2.35. The number of hydrogen-bond donors (Lipinski definition) is 1. The standard InChI is InChI=1S/C22H25N3O6/c23-25-24-11-12-27-22-18(26)20(28-13-15-7-3-1-4-8-15)19-17(30-22)14-29-21(31-19)16-9-5-2-6-10-16/h1-10,17-22,26H,11-14H2/t17-,18+,19-,20-,21-,22+/m1/s1. The molecule has 6 atom stereocenters. The van der Waals surface area contributed by atoms with Crippen molar-refractivity contribution in [2.45, 2.75) is 43.6 Å². The first-order valence-electron chi connectivity index (χ1n) is 10.2. The number of benzene rings is 2. The molecular weight excluding hydrogens is 402 g/mol. The maximum atomic E-state index is 11.0. The topological polar surface area (TPSA) is 115 Å². The predicted octanol–water partition coefficient (Wildman–Crippen LogP) is 3.10. The summed E-state index contributed by atoms with van der Waals surface area (Å²) in [6, 6.07) is 19.3. The van der Waals surface area contributed by atoms with Gasteiger partial charge in [0.05, 0.1) is 19.8 Å². The van der Waals surface area contributed by atoms with Gasteiger partial charge in [-0.3, -0.25) is 0 Å². The summed E-state index contributed by atoms with van der Waals surface area (Å²) in [5.74, 6) is 0. The molecule has 9 nitrogen and oxygen atoms in total. The molecule has 0 aromatic heterocycles. The number of aliphatic hydroxyl groups is 1. The number of nitrogens with zero attached hydrogens (tertiary/aromatic N) is 3. The fraction of sp³-hybridized carbons (Fsp3) is 0.455. The van der Waals surface area contributed by atoms with Crippen LogP contribution in [0.15, 0.2) is 65.8 Å². The minimum absolute atomic E-state index is 0.114. The summed E-state index contributed by atoms with van der Waals surface area (Å²) in [7, 11) is 0. The van der Waals surface area contributed by atoms with Crippen molar-refractivity contribution in [3.05, 3.63) is 82.2 Å². The molecule has 0 radical (unpaired) electrons. The van der Waals surface area contributed by atoms with E-state index in [1.54, 1.807) is 0 Å². The Morgan fingerprint density at radius 2 is 1.77 bits per heavy atom. The maximum absolute atomic E-state index is 11.0. The van der Waals surface area contributed by atoms with Gasteiger partial charge >= 0.3 is 0 Å². The van der Waals surface area contributed by atoms with Crippen molar-refractivity contribution in [1.82, 2.24) is 0 Å². The number of aliphatic hydroxyl groups excluding tert-OH is 1. The van der Waals surface area contributed by atoms with Gasteiger partial charge in [-0.05, 0) is 11.1 Å². The number of rotatable bonds is 8. The molecule has 0 spiro atoms. The molecule has 0 aliphatic carbocycles. The van der Waals surface area contributed by atoms with Crippen LogP contribution in [0, 0.1) is 0 Å². The molecule has 2 fully saturated rings. The van der Waals surface area contributed by atoms with Crippen molar-refractivity contribution in [2.75, 3.05) is 19.8 Å². The van der Waals surface area contributed by atoms with Crippen LogP contribution in [0.4, 0.5) is 0 Å². The van der Waals surface area contributed by atoms with Gasteiger partial charge < -0.3 is 28.8 Å². The third-order valence-electron chi connectivity index (χ3n) is 5.20. The minimum Gasteiger partial charge on any atom is -0.385 e. The van der Waals surface area contributed by atoms with Gasteiger partial charge in [0.2, 0.25) is 0 Å². The Morgan fingerprint density at radius 1 is 1.03 bits per heavy atom. The van der Waals surface area contributed by atoms with E-state index in [-0.39, 0.29) is 19.8 Å². The molecule has 2 heterocycles. The van der Waals surface area contributed by atoms with E-state index in [0.717, 1.165) is 11.1 Å². The Balaban J connectivity index is 1.49. The van der Waals surface area contributed by atoms with Crippen molar-refractivity contribution in [3.63, 3.8) is 0 Å². The van der Waals surface area contributed by atoms with Crippen LogP contribution in [0.1, 0.15) is 17.4 Å². The minimum atomic E-state index is -1.09. The lowest BCUT2D eigenvalue weighted by molar-refractivity contribution is -0.366. The second-order valence-electron chi connectivity index (χ2n) is 7.30. The molecule has 0 saturated carbocycles. The van der Waals surface area contributed by atoms with E-state index >= 15 is 0 Å². The van der Waals surface area contributed by atoms with E-state index in [2.05, 4.69) is 10.0 Å². The summed E-state index contributed by atoms with van der Waals surface area (Å²) in [6.07, 6.45) is -4.34. The summed E-state index contributed by atoms with van der Waals surface area (Å²) < 4.78 is 29.7. The fourth-order valence-corrected chi connectivity index (χ4v) is 3.69. The fourth-order valence-electron chi connectivity index (χ4n) is 3.69. The largest absolute Gasteiger partial charge is 0.385 e. The van der Waals surface area contributed by atoms with E-state index < -0.39 is 37.0 Å². The highest BCUT2D eigenvalue weighted by Gasteiger charge is 2.50. The van der Waals surface area contributed by atoms with Crippen molar-refractivity contribution >= 4 is 0 Å². The van der Waals surface area contributed by atoms with Crippen LogP contribution >= 0.6 is 0 Å². The second kappa shape index (κ2) is 10.7. The molecule has 9 heteroatoms. The number of hydrogen-bond acceptors (Lipinski definition) is 7. The highest BCUT2D eigenvalue weighted by atomic mass is 16.8. The monoisotopic (exact) mass is 427 g/mol. The van der Waals surface area contributed by atoms with Crippen LogP contribution in [-0.2, 0) is 30.3 Å². The van der Waals surface area contributed by atoms with Gasteiger partial charge in [0.1, 0.15) is 24.4 Å². The summed E-state index contributed by atoms with van der Waals surface area (Å²) in [4.78, 5) is 2.70. The first-order chi connectivity index (χ1) is 15.3. The maximum Gasteiger partial charge on any atom is 0.186 e. The number of fused-ring (bicyclic) bond motifs is 1. The molecule has 0 bridgehead atoms. The second-order valence-corrected chi connectivity index (χ2v) is 7.30. The Morgan fingerprint density at radius 3 is 2.52 bits per heavy atom. The number of ether oxygens (including phenoxy) is 5. The van der Waals surface area contributed by atoms with Crippen LogP contribution < -0.4 is 0 Å². The zero-order chi connectivity index (χ0) is 21.5. The van der Waals surface area contributed by atoms with Crippen LogP contribution in [-0.4, -0.2) is 55.6 Å². The van der Waals surface area contributed by atoms with Crippen molar-refractivity contribution in [1.29, 1.82) is 0 Å². The number of azide groups is 1. The normalized spacial score (nSPS) is 30.2. The lowest BCUT2D eigenvalue weighted by atomic mass is 9.97. The molecule has 31 heavy (non-hydrogen) atoms. The third-order valence-corrected chi connectivity index (χ3v) is 5.20. The summed E-state index contributed by atoms with van der Waals surface area (Å²) in [5.41, 5.74) is 10.3. The average Bonchev–Trinajstić information content (AvgIpc) is 2.82. The van der Waals surface area contributed by atoms with Crippen molar-refractivity contribution < 1.29 is 28.8 Å². The smallest absolute Gasteiger partial charge is 0.186 e. The summed E-state index contributed by atoms with van der Waals surface area (Å²) in [6.45, 7) is 0.814. The van der Waals surface area contributed by atoms with E-state index in [9.17, 15) is 5.11 Å². The molecule has 2 aromatic carbocycles. The zero-order valence-electron chi connectivity index (χ0n) is 16.9. The van der Waals surface area contributed by atoms with Gasteiger partial charge in [-0.2, -0.15) is 0 Å². The SMILES string of the molecule is [N-]=[N+]=NCCO[C@H]1O[C@@H]2CO[C@@H](c3ccccc3)O[C@H]2[C@H](OCc2ccccc2)[C@@H]1O. The van der Waals surface area contributed by atoms with E-state index in [1.807, 2.05) is 60.7 Å². The van der Waals surface area contributed by atoms with Crippen molar-refractivity contribution in [3.8, 4) is 0 Å².